The molecule has 0 aliphatic rings. The molecule has 8 aromatic carbocycles. The molecule has 0 amide bonds. The van der Waals surface area contributed by atoms with Gasteiger partial charge < -0.3 is 9.32 Å². The standard InChI is InChI=1S/C44H29NO/c1-3-11-30(12-4-1)32-19-22-36(23-20-32)45(37-24-21-31-13-7-8-16-34(31)27-37)38-25-26-40-42(29-38)46-44-41(33-14-5-2-6-15-33)28-35-17-9-10-18-39(35)43(40)44/h1-29H. The molecular weight excluding hydrogens is 558 g/mol. The number of anilines is 3. The Kier molecular flexibility index (Phi) is 6.17. The Bertz CT molecular complexity index is 2510. The molecule has 9 aromatic rings. The molecule has 0 N–H and O–H groups in total. The van der Waals surface area contributed by atoms with Crippen molar-refractivity contribution in [2.75, 3.05) is 4.90 Å². The van der Waals surface area contributed by atoms with E-state index < -0.39 is 0 Å². The van der Waals surface area contributed by atoms with Gasteiger partial charge in [0.1, 0.15) is 11.2 Å². The highest BCUT2D eigenvalue weighted by Crippen LogP contribution is 2.44. The lowest BCUT2D eigenvalue weighted by molar-refractivity contribution is 0.670. The molecule has 0 aliphatic carbocycles. The molecule has 0 bridgehead atoms. The van der Waals surface area contributed by atoms with Crippen LogP contribution in [0.1, 0.15) is 0 Å². The molecule has 2 nitrogen and oxygen atoms in total. The molecule has 0 aliphatic heterocycles. The van der Waals surface area contributed by atoms with Gasteiger partial charge in [0, 0.05) is 39.5 Å². The van der Waals surface area contributed by atoms with Gasteiger partial charge in [-0.2, -0.15) is 0 Å². The van der Waals surface area contributed by atoms with Crippen LogP contribution in [0.15, 0.2) is 180 Å². The van der Waals surface area contributed by atoms with Crippen LogP contribution in [0.3, 0.4) is 0 Å². The maximum atomic E-state index is 6.83. The monoisotopic (exact) mass is 587 g/mol. The van der Waals surface area contributed by atoms with Gasteiger partial charge in [0.25, 0.3) is 0 Å². The molecule has 0 fully saturated rings. The lowest BCUT2D eigenvalue weighted by Gasteiger charge is -2.26. The number of hydrogen-bond donors (Lipinski definition) is 0. The van der Waals surface area contributed by atoms with Crippen LogP contribution in [0, 0.1) is 0 Å². The molecule has 0 saturated carbocycles. The van der Waals surface area contributed by atoms with E-state index in [1.165, 1.54) is 32.7 Å². The van der Waals surface area contributed by atoms with E-state index in [1.807, 2.05) is 0 Å². The summed E-state index contributed by atoms with van der Waals surface area (Å²) in [5.41, 5.74) is 9.66. The van der Waals surface area contributed by atoms with Gasteiger partial charge in [-0.3, -0.25) is 0 Å². The van der Waals surface area contributed by atoms with Gasteiger partial charge in [-0.25, -0.2) is 0 Å². The summed E-state index contributed by atoms with van der Waals surface area (Å²) in [4.78, 5) is 2.32. The predicted octanol–water partition coefficient (Wildman–Crippen LogP) is 12.7. The molecule has 46 heavy (non-hydrogen) atoms. The number of rotatable bonds is 5. The lowest BCUT2D eigenvalue weighted by Crippen LogP contribution is -2.09. The van der Waals surface area contributed by atoms with Gasteiger partial charge in [0.05, 0.1) is 0 Å². The van der Waals surface area contributed by atoms with Crippen LogP contribution in [0.25, 0.3) is 65.7 Å². The van der Waals surface area contributed by atoms with E-state index in [-0.39, 0.29) is 0 Å². The normalized spacial score (nSPS) is 11.5. The van der Waals surface area contributed by atoms with Crippen LogP contribution in [0.2, 0.25) is 0 Å². The minimum Gasteiger partial charge on any atom is -0.455 e. The molecule has 0 atom stereocenters. The van der Waals surface area contributed by atoms with Crippen LogP contribution in [-0.2, 0) is 0 Å². The van der Waals surface area contributed by atoms with Crippen molar-refractivity contribution in [3.63, 3.8) is 0 Å². The molecule has 9 rings (SSSR count). The molecule has 216 valence electrons. The first-order valence-electron chi connectivity index (χ1n) is 15.7. The first-order chi connectivity index (χ1) is 22.8. The number of hydrogen-bond acceptors (Lipinski definition) is 2. The molecular formula is C44H29NO. The molecule has 0 unspecified atom stereocenters. The topological polar surface area (TPSA) is 16.4 Å². The highest BCUT2D eigenvalue weighted by Gasteiger charge is 2.19. The average Bonchev–Trinajstić information content (AvgIpc) is 3.52. The Morgan fingerprint density at radius 3 is 1.74 bits per heavy atom. The van der Waals surface area contributed by atoms with Crippen molar-refractivity contribution in [1.29, 1.82) is 0 Å². The van der Waals surface area contributed by atoms with Gasteiger partial charge in [-0.05, 0) is 80.7 Å². The van der Waals surface area contributed by atoms with Crippen molar-refractivity contribution in [3.05, 3.63) is 176 Å². The van der Waals surface area contributed by atoms with E-state index in [9.17, 15) is 0 Å². The Morgan fingerprint density at radius 1 is 0.370 bits per heavy atom. The van der Waals surface area contributed by atoms with Crippen molar-refractivity contribution in [2.45, 2.75) is 0 Å². The highest BCUT2D eigenvalue weighted by molar-refractivity contribution is 6.22. The van der Waals surface area contributed by atoms with Crippen LogP contribution >= 0.6 is 0 Å². The number of nitrogens with zero attached hydrogens (tertiary/aromatic N) is 1. The summed E-state index contributed by atoms with van der Waals surface area (Å²) >= 11 is 0. The molecule has 1 heterocycles. The Hall–Kier alpha value is -6.12. The minimum absolute atomic E-state index is 0.868. The zero-order valence-electron chi connectivity index (χ0n) is 25.1. The molecule has 0 spiro atoms. The van der Waals surface area contributed by atoms with Crippen LogP contribution in [0.5, 0.6) is 0 Å². The van der Waals surface area contributed by atoms with E-state index >= 15 is 0 Å². The second-order valence-corrected chi connectivity index (χ2v) is 11.8. The van der Waals surface area contributed by atoms with Crippen LogP contribution < -0.4 is 4.90 Å². The summed E-state index contributed by atoms with van der Waals surface area (Å²) in [6, 6.07) is 62.6. The van der Waals surface area contributed by atoms with E-state index in [0.717, 1.165) is 50.1 Å². The summed E-state index contributed by atoms with van der Waals surface area (Å²) in [6.45, 7) is 0. The summed E-state index contributed by atoms with van der Waals surface area (Å²) in [5, 5.41) is 7.10. The third-order valence-electron chi connectivity index (χ3n) is 9.02. The predicted molar refractivity (Wildman–Crippen MR) is 194 cm³/mol. The zero-order chi connectivity index (χ0) is 30.5. The fraction of sp³-hybridized carbons (Fsp3) is 0. The molecule has 1 aromatic heterocycles. The van der Waals surface area contributed by atoms with Gasteiger partial charge in [0.15, 0.2) is 0 Å². The third kappa shape index (κ3) is 4.43. The fourth-order valence-corrected chi connectivity index (χ4v) is 6.78. The second kappa shape index (κ2) is 10.8. The molecule has 0 saturated heterocycles. The zero-order valence-corrected chi connectivity index (χ0v) is 25.1. The van der Waals surface area contributed by atoms with Crippen LogP contribution in [-0.4, -0.2) is 0 Å². The number of benzene rings is 8. The lowest BCUT2D eigenvalue weighted by atomic mass is 9.96. The largest absolute Gasteiger partial charge is 0.455 e. The van der Waals surface area contributed by atoms with E-state index in [1.54, 1.807) is 0 Å². The van der Waals surface area contributed by atoms with E-state index in [0.29, 0.717) is 0 Å². The summed E-state index contributed by atoms with van der Waals surface area (Å²) in [6.07, 6.45) is 0. The molecule has 0 radical (unpaired) electrons. The highest BCUT2D eigenvalue weighted by atomic mass is 16.3. The van der Waals surface area contributed by atoms with E-state index in [2.05, 4.69) is 181 Å². The third-order valence-corrected chi connectivity index (χ3v) is 9.02. The Morgan fingerprint density at radius 2 is 0.957 bits per heavy atom. The van der Waals surface area contributed by atoms with Crippen LogP contribution in [0.4, 0.5) is 17.1 Å². The number of fused-ring (bicyclic) bond motifs is 6. The average molecular weight is 588 g/mol. The Labute approximate surface area is 267 Å². The van der Waals surface area contributed by atoms with Gasteiger partial charge in [-0.15, -0.1) is 0 Å². The quantitative estimate of drug-likeness (QED) is 0.199. The molecule has 2 heteroatoms. The summed E-state index contributed by atoms with van der Waals surface area (Å²) in [7, 11) is 0. The van der Waals surface area contributed by atoms with Crippen molar-refractivity contribution in [2.24, 2.45) is 0 Å². The summed E-state index contributed by atoms with van der Waals surface area (Å²) < 4.78 is 6.83. The second-order valence-electron chi connectivity index (χ2n) is 11.8. The van der Waals surface area contributed by atoms with Crippen molar-refractivity contribution >= 4 is 60.5 Å². The first kappa shape index (κ1) is 26.3. The van der Waals surface area contributed by atoms with Crippen molar-refractivity contribution in [1.82, 2.24) is 0 Å². The Balaban J connectivity index is 1.25. The fourth-order valence-electron chi connectivity index (χ4n) is 6.78. The first-order valence-corrected chi connectivity index (χ1v) is 15.7. The van der Waals surface area contributed by atoms with Gasteiger partial charge in [0.2, 0.25) is 0 Å². The maximum Gasteiger partial charge on any atom is 0.143 e. The minimum atomic E-state index is 0.868. The van der Waals surface area contributed by atoms with Crippen molar-refractivity contribution in [3.8, 4) is 22.3 Å². The maximum absolute atomic E-state index is 6.83. The van der Waals surface area contributed by atoms with Gasteiger partial charge in [-0.1, -0.05) is 127 Å². The SMILES string of the molecule is c1ccc(-c2ccc(N(c3ccc4ccccc4c3)c3ccc4c(c3)oc3c(-c5ccccc5)cc5ccccc5c34)cc2)cc1. The number of furan rings is 1. The summed E-state index contributed by atoms with van der Waals surface area (Å²) in [5.74, 6) is 0. The smallest absolute Gasteiger partial charge is 0.143 e. The van der Waals surface area contributed by atoms with Gasteiger partial charge >= 0.3 is 0 Å². The van der Waals surface area contributed by atoms with E-state index in [4.69, 9.17) is 4.42 Å². The van der Waals surface area contributed by atoms with Crippen molar-refractivity contribution < 1.29 is 4.42 Å².